The van der Waals surface area contributed by atoms with Crippen molar-refractivity contribution in [2.75, 3.05) is 11.9 Å². The van der Waals surface area contributed by atoms with Crippen molar-refractivity contribution in [2.45, 2.75) is 20.8 Å². The first-order valence-corrected chi connectivity index (χ1v) is 6.47. The standard InChI is InChI=1S/C14H18ClF2N3/c1-14(2,3)13(18)7-10(8-19-15)20-9-4-5-11(16)12(17)6-9/h4-7,18-20H,8H2,1-3H3/b10-7-,18-13?. The highest BCUT2D eigenvalue weighted by Crippen LogP contribution is 2.19. The van der Waals surface area contributed by atoms with Crippen molar-refractivity contribution < 1.29 is 8.78 Å². The summed E-state index contributed by atoms with van der Waals surface area (Å²) in [6.07, 6.45) is 1.62. The molecule has 0 saturated heterocycles. The molecule has 1 rings (SSSR count). The lowest BCUT2D eigenvalue weighted by Crippen LogP contribution is -2.21. The zero-order valence-corrected chi connectivity index (χ0v) is 12.4. The van der Waals surface area contributed by atoms with Gasteiger partial charge < -0.3 is 10.7 Å². The van der Waals surface area contributed by atoms with Crippen LogP contribution in [0.4, 0.5) is 14.5 Å². The van der Waals surface area contributed by atoms with Gasteiger partial charge in [-0.2, -0.15) is 0 Å². The summed E-state index contributed by atoms with van der Waals surface area (Å²) in [7, 11) is 0. The van der Waals surface area contributed by atoms with Crippen molar-refractivity contribution in [1.29, 1.82) is 5.41 Å². The zero-order valence-electron chi connectivity index (χ0n) is 11.7. The second kappa shape index (κ2) is 6.81. The number of rotatable bonds is 5. The third-order valence-electron chi connectivity index (χ3n) is 2.61. The molecular formula is C14H18ClF2N3. The van der Waals surface area contributed by atoms with Crippen LogP contribution in [0.5, 0.6) is 0 Å². The van der Waals surface area contributed by atoms with Gasteiger partial charge in [-0.05, 0) is 30.0 Å². The number of hydrogen-bond donors (Lipinski definition) is 3. The van der Waals surface area contributed by atoms with Gasteiger partial charge in [0.2, 0.25) is 0 Å². The minimum atomic E-state index is -0.931. The van der Waals surface area contributed by atoms with Gasteiger partial charge in [0.1, 0.15) is 0 Å². The Labute approximate surface area is 122 Å². The molecule has 0 aliphatic heterocycles. The molecule has 0 aliphatic rings. The number of nitrogens with one attached hydrogen (secondary N) is 3. The van der Waals surface area contributed by atoms with E-state index in [4.69, 9.17) is 17.2 Å². The van der Waals surface area contributed by atoms with Crippen molar-refractivity contribution in [3.63, 3.8) is 0 Å². The van der Waals surface area contributed by atoms with Crippen molar-refractivity contribution in [1.82, 2.24) is 4.84 Å². The normalized spacial score (nSPS) is 12.4. The molecule has 0 bridgehead atoms. The van der Waals surface area contributed by atoms with Gasteiger partial charge in [-0.3, -0.25) is 0 Å². The Balaban J connectivity index is 2.94. The molecule has 3 nitrogen and oxygen atoms in total. The fourth-order valence-electron chi connectivity index (χ4n) is 1.35. The van der Waals surface area contributed by atoms with E-state index in [2.05, 4.69) is 10.2 Å². The fraction of sp³-hybridized carbons (Fsp3) is 0.357. The van der Waals surface area contributed by atoms with Gasteiger partial charge in [-0.15, -0.1) is 0 Å². The second-order valence-electron chi connectivity index (χ2n) is 5.40. The molecule has 0 aromatic heterocycles. The van der Waals surface area contributed by atoms with Crippen LogP contribution in [-0.4, -0.2) is 12.3 Å². The van der Waals surface area contributed by atoms with E-state index >= 15 is 0 Å². The lowest BCUT2D eigenvalue weighted by molar-refractivity contribution is 0.509. The van der Waals surface area contributed by atoms with Gasteiger partial charge in [0.05, 0.1) is 6.54 Å². The van der Waals surface area contributed by atoms with Gasteiger partial charge in [-0.25, -0.2) is 13.6 Å². The summed E-state index contributed by atoms with van der Waals surface area (Å²) < 4.78 is 26.0. The van der Waals surface area contributed by atoms with E-state index in [9.17, 15) is 8.78 Å². The van der Waals surface area contributed by atoms with Crippen LogP contribution in [0.25, 0.3) is 0 Å². The highest BCUT2D eigenvalue weighted by molar-refractivity contribution is 6.13. The number of halogens is 3. The van der Waals surface area contributed by atoms with Crippen LogP contribution >= 0.6 is 11.8 Å². The molecular weight excluding hydrogens is 284 g/mol. The van der Waals surface area contributed by atoms with Gasteiger partial charge in [0.15, 0.2) is 11.6 Å². The first-order chi connectivity index (χ1) is 9.24. The minimum absolute atomic E-state index is 0.263. The highest BCUT2D eigenvalue weighted by atomic mass is 35.5. The summed E-state index contributed by atoms with van der Waals surface area (Å²) in [5.41, 5.74) is 1.07. The molecule has 110 valence electrons. The van der Waals surface area contributed by atoms with Crippen molar-refractivity contribution in [2.24, 2.45) is 5.41 Å². The van der Waals surface area contributed by atoms with E-state index in [0.29, 0.717) is 17.1 Å². The SMILES string of the molecule is CC(C)(C)C(=N)/C=C(/CNCl)Nc1ccc(F)c(F)c1. The summed E-state index contributed by atoms with van der Waals surface area (Å²) in [6.45, 7) is 6.00. The van der Waals surface area contributed by atoms with Crippen LogP contribution in [-0.2, 0) is 0 Å². The molecule has 0 aliphatic carbocycles. The Kier molecular flexibility index (Phi) is 5.65. The predicted molar refractivity (Wildman–Crippen MR) is 79.1 cm³/mol. The Bertz CT molecular complexity index is 522. The molecule has 0 unspecified atom stereocenters. The third-order valence-corrected chi connectivity index (χ3v) is 2.74. The van der Waals surface area contributed by atoms with Gasteiger partial charge in [0, 0.05) is 28.6 Å². The number of benzene rings is 1. The average molecular weight is 302 g/mol. The Morgan fingerprint density at radius 2 is 1.95 bits per heavy atom. The smallest absolute Gasteiger partial charge is 0.160 e. The quantitative estimate of drug-likeness (QED) is 0.567. The largest absolute Gasteiger partial charge is 0.358 e. The van der Waals surface area contributed by atoms with E-state index in [1.54, 1.807) is 6.08 Å². The minimum Gasteiger partial charge on any atom is -0.358 e. The molecule has 6 heteroatoms. The van der Waals surface area contributed by atoms with Crippen molar-refractivity contribution >= 4 is 23.2 Å². The molecule has 0 fully saturated rings. The molecule has 3 N–H and O–H groups in total. The van der Waals surface area contributed by atoms with E-state index < -0.39 is 11.6 Å². The van der Waals surface area contributed by atoms with Crippen LogP contribution in [0.3, 0.4) is 0 Å². The maximum atomic E-state index is 13.1. The number of allylic oxidation sites excluding steroid dienone is 1. The zero-order chi connectivity index (χ0) is 15.3. The van der Waals surface area contributed by atoms with E-state index in [1.165, 1.54) is 6.07 Å². The highest BCUT2D eigenvalue weighted by Gasteiger charge is 2.16. The molecule has 20 heavy (non-hydrogen) atoms. The van der Waals surface area contributed by atoms with Crippen LogP contribution in [0.2, 0.25) is 0 Å². The fourth-order valence-corrected chi connectivity index (χ4v) is 1.50. The van der Waals surface area contributed by atoms with Gasteiger partial charge >= 0.3 is 0 Å². The molecule has 0 atom stereocenters. The van der Waals surface area contributed by atoms with Crippen LogP contribution in [0.15, 0.2) is 30.0 Å². The lowest BCUT2D eigenvalue weighted by atomic mass is 9.89. The lowest BCUT2D eigenvalue weighted by Gasteiger charge is -2.19. The third kappa shape index (κ3) is 4.90. The summed E-state index contributed by atoms with van der Waals surface area (Å²) in [5.74, 6) is -1.84. The topological polar surface area (TPSA) is 47.9 Å². The predicted octanol–water partition coefficient (Wildman–Crippen LogP) is 4.07. The van der Waals surface area contributed by atoms with Crippen LogP contribution in [0, 0.1) is 22.5 Å². The number of anilines is 1. The number of hydrogen-bond acceptors (Lipinski definition) is 3. The van der Waals surface area contributed by atoms with Crippen LogP contribution in [0.1, 0.15) is 20.8 Å². The summed E-state index contributed by atoms with van der Waals surface area (Å²) in [5, 5.41) is 10.9. The van der Waals surface area contributed by atoms with E-state index in [-0.39, 0.29) is 12.0 Å². The molecule has 1 aromatic rings. The van der Waals surface area contributed by atoms with Gasteiger partial charge in [-0.1, -0.05) is 20.8 Å². The van der Waals surface area contributed by atoms with Crippen molar-refractivity contribution in [3.05, 3.63) is 41.6 Å². The average Bonchev–Trinajstić information content (AvgIpc) is 2.33. The second-order valence-corrected chi connectivity index (χ2v) is 5.66. The summed E-state index contributed by atoms with van der Waals surface area (Å²) >= 11 is 5.48. The van der Waals surface area contributed by atoms with E-state index in [0.717, 1.165) is 12.1 Å². The van der Waals surface area contributed by atoms with E-state index in [1.807, 2.05) is 20.8 Å². The Morgan fingerprint density at radius 1 is 1.30 bits per heavy atom. The van der Waals surface area contributed by atoms with Gasteiger partial charge in [0.25, 0.3) is 0 Å². The molecule has 1 aromatic carbocycles. The van der Waals surface area contributed by atoms with Crippen LogP contribution < -0.4 is 10.2 Å². The monoisotopic (exact) mass is 301 g/mol. The molecule has 0 radical (unpaired) electrons. The maximum absolute atomic E-state index is 13.1. The first kappa shape index (κ1) is 16.6. The summed E-state index contributed by atoms with van der Waals surface area (Å²) in [4.78, 5) is 2.45. The Hall–Kier alpha value is -1.46. The molecule has 0 spiro atoms. The molecule has 0 heterocycles. The molecule has 0 amide bonds. The molecule has 0 saturated carbocycles. The Morgan fingerprint density at radius 3 is 2.45 bits per heavy atom. The maximum Gasteiger partial charge on any atom is 0.160 e. The first-order valence-electron chi connectivity index (χ1n) is 6.09. The summed E-state index contributed by atoms with van der Waals surface area (Å²) in [6, 6.07) is 3.51. The van der Waals surface area contributed by atoms with Crippen molar-refractivity contribution in [3.8, 4) is 0 Å².